The van der Waals surface area contributed by atoms with Crippen molar-refractivity contribution in [1.82, 2.24) is 20.4 Å². The van der Waals surface area contributed by atoms with E-state index in [2.05, 4.69) is 15.5 Å². The molecule has 19 heavy (non-hydrogen) atoms. The SMILES string of the molecule is Cc1n[nH]c(C)c1C1CCCN1C(=O)CNC1CC1. The van der Waals surface area contributed by atoms with Crippen molar-refractivity contribution in [2.24, 2.45) is 0 Å². The fourth-order valence-corrected chi connectivity index (χ4v) is 3.04. The van der Waals surface area contributed by atoms with Crippen molar-refractivity contribution >= 4 is 5.91 Å². The molecular weight excluding hydrogens is 240 g/mol. The summed E-state index contributed by atoms with van der Waals surface area (Å²) in [6.07, 6.45) is 4.58. The Balaban J connectivity index is 1.71. The number of aryl methyl sites for hydroxylation is 2. The lowest BCUT2D eigenvalue weighted by atomic mass is 10.0. The van der Waals surface area contributed by atoms with Gasteiger partial charge in [-0.1, -0.05) is 0 Å². The molecule has 1 aliphatic carbocycles. The van der Waals surface area contributed by atoms with Gasteiger partial charge in [0.2, 0.25) is 5.91 Å². The van der Waals surface area contributed by atoms with E-state index in [1.807, 2.05) is 18.7 Å². The van der Waals surface area contributed by atoms with Crippen molar-refractivity contribution in [2.75, 3.05) is 13.1 Å². The molecular formula is C14H22N4O. The number of aromatic nitrogens is 2. The van der Waals surface area contributed by atoms with E-state index < -0.39 is 0 Å². The lowest BCUT2D eigenvalue weighted by molar-refractivity contribution is -0.131. The number of aromatic amines is 1. The van der Waals surface area contributed by atoms with Gasteiger partial charge < -0.3 is 10.2 Å². The third-order valence-corrected chi connectivity index (χ3v) is 4.21. The number of nitrogens with one attached hydrogen (secondary N) is 2. The van der Waals surface area contributed by atoms with Gasteiger partial charge in [-0.25, -0.2) is 0 Å². The average molecular weight is 262 g/mol. The van der Waals surface area contributed by atoms with Crippen LogP contribution in [0.25, 0.3) is 0 Å². The predicted octanol–water partition coefficient (Wildman–Crippen LogP) is 1.44. The molecule has 2 heterocycles. The van der Waals surface area contributed by atoms with Gasteiger partial charge in [-0.3, -0.25) is 9.89 Å². The summed E-state index contributed by atoms with van der Waals surface area (Å²) in [5, 5.41) is 10.6. The summed E-state index contributed by atoms with van der Waals surface area (Å²) in [7, 11) is 0. The van der Waals surface area contributed by atoms with Crippen LogP contribution in [0.3, 0.4) is 0 Å². The molecule has 0 spiro atoms. The summed E-state index contributed by atoms with van der Waals surface area (Å²) < 4.78 is 0. The minimum absolute atomic E-state index is 0.215. The van der Waals surface area contributed by atoms with Crippen molar-refractivity contribution < 1.29 is 4.79 Å². The minimum atomic E-state index is 0.215. The Morgan fingerprint density at radius 1 is 1.42 bits per heavy atom. The van der Waals surface area contributed by atoms with E-state index in [-0.39, 0.29) is 11.9 Å². The van der Waals surface area contributed by atoms with Crippen molar-refractivity contribution in [1.29, 1.82) is 0 Å². The fourth-order valence-electron chi connectivity index (χ4n) is 3.04. The van der Waals surface area contributed by atoms with Crippen LogP contribution in [-0.4, -0.2) is 40.1 Å². The van der Waals surface area contributed by atoms with Crippen molar-refractivity contribution in [3.8, 4) is 0 Å². The van der Waals surface area contributed by atoms with Crippen LogP contribution in [0, 0.1) is 13.8 Å². The first-order valence-electron chi connectivity index (χ1n) is 7.21. The molecule has 2 aliphatic rings. The Labute approximate surface area is 113 Å². The largest absolute Gasteiger partial charge is 0.334 e. The molecule has 3 rings (SSSR count). The van der Waals surface area contributed by atoms with E-state index in [9.17, 15) is 4.79 Å². The highest BCUT2D eigenvalue weighted by atomic mass is 16.2. The second-order valence-corrected chi connectivity index (χ2v) is 5.75. The first-order chi connectivity index (χ1) is 9.16. The molecule has 1 atom stereocenters. The van der Waals surface area contributed by atoms with Crippen molar-refractivity contribution in [2.45, 2.75) is 51.6 Å². The molecule has 1 unspecified atom stereocenters. The number of hydrogen-bond donors (Lipinski definition) is 2. The molecule has 1 aromatic heterocycles. The molecule has 1 amide bonds. The molecule has 0 aromatic carbocycles. The van der Waals surface area contributed by atoms with Gasteiger partial charge in [0.15, 0.2) is 0 Å². The second-order valence-electron chi connectivity index (χ2n) is 5.75. The third kappa shape index (κ3) is 2.52. The Morgan fingerprint density at radius 2 is 2.21 bits per heavy atom. The molecule has 0 radical (unpaired) electrons. The average Bonchev–Trinajstić information content (AvgIpc) is 3.00. The Bertz CT molecular complexity index is 458. The van der Waals surface area contributed by atoms with E-state index in [4.69, 9.17) is 0 Å². The molecule has 1 aliphatic heterocycles. The summed E-state index contributed by atoms with van der Waals surface area (Å²) in [6, 6.07) is 0.801. The highest BCUT2D eigenvalue weighted by molar-refractivity contribution is 5.79. The highest BCUT2D eigenvalue weighted by Crippen LogP contribution is 2.34. The zero-order valence-electron chi connectivity index (χ0n) is 11.7. The summed E-state index contributed by atoms with van der Waals surface area (Å²) in [5.74, 6) is 0.231. The maximum Gasteiger partial charge on any atom is 0.237 e. The van der Waals surface area contributed by atoms with Crippen LogP contribution in [0.5, 0.6) is 0 Å². The maximum absolute atomic E-state index is 12.3. The third-order valence-electron chi connectivity index (χ3n) is 4.21. The zero-order chi connectivity index (χ0) is 13.4. The zero-order valence-corrected chi connectivity index (χ0v) is 11.7. The van der Waals surface area contributed by atoms with E-state index in [1.165, 1.54) is 18.4 Å². The molecule has 1 saturated carbocycles. The number of H-pyrrole nitrogens is 1. The van der Waals surface area contributed by atoms with Gasteiger partial charge in [0.25, 0.3) is 0 Å². The van der Waals surface area contributed by atoms with Gasteiger partial charge in [-0.2, -0.15) is 5.10 Å². The topological polar surface area (TPSA) is 61.0 Å². The van der Waals surface area contributed by atoms with Gasteiger partial charge in [-0.15, -0.1) is 0 Å². The Kier molecular flexibility index (Phi) is 3.31. The van der Waals surface area contributed by atoms with Gasteiger partial charge in [0.1, 0.15) is 0 Å². The lowest BCUT2D eigenvalue weighted by Crippen LogP contribution is -2.38. The number of nitrogens with zero attached hydrogens (tertiary/aromatic N) is 2. The predicted molar refractivity (Wildman–Crippen MR) is 72.8 cm³/mol. The van der Waals surface area contributed by atoms with E-state index in [0.29, 0.717) is 12.6 Å². The van der Waals surface area contributed by atoms with Crippen LogP contribution < -0.4 is 5.32 Å². The van der Waals surface area contributed by atoms with E-state index in [1.54, 1.807) is 0 Å². The summed E-state index contributed by atoms with van der Waals surface area (Å²) in [4.78, 5) is 14.4. The molecule has 2 N–H and O–H groups in total. The molecule has 5 nitrogen and oxygen atoms in total. The van der Waals surface area contributed by atoms with Crippen LogP contribution in [-0.2, 0) is 4.79 Å². The quantitative estimate of drug-likeness (QED) is 0.863. The smallest absolute Gasteiger partial charge is 0.237 e. The normalized spacial score (nSPS) is 23.1. The summed E-state index contributed by atoms with van der Waals surface area (Å²) >= 11 is 0. The van der Waals surface area contributed by atoms with Crippen LogP contribution >= 0.6 is 0 Å². The number of hydrogen-bond acceptors (Lipinski definition) is 3. The van der Waals surface area contributed by atoms with Crippen molar-refractivity contribution in [3.05, 3.63) is 17.0 Å². The maximum atomic E-state index is 12.3. The van der Waals surface area contributed by atoms with Crippen LogP contribution in [0.15, 0.2) is 0 Å². The van der Waals surface area contributed by atoms with Crippen LogP contribution in [0.4, 0.5) is 0 Å². The Hall–Kier alpha value is -1.36. The number of likely N-dealkylation sites (tertiary alicyclic amines) is 1. The summed E-state index contributed by atoms with van der Waals surface area (Å²) in [5.41, 5.74) is 3.34. The van der Waals surface area contributed by atoms with Gasteiger partial charge in [0.05, 0.1) is 18.3 Å². The fraction of sp³-hybridized carbons (Fsp3) is 0.714. The number of carbonyl (C=O) groups excluding carboxylic acids is 1. The standard InChI is InChI=1S/C14H22N4O/c1-9-14(10(2)17-16-9)12-4-3-7-18(12)13(19)8-15-11-5-6-11/h11-12,15H,3-8H2,1-2H3,(H,16,17). The molecule has 1 aromatic rings. The molecule has 5 heteroatoms. The van der Waals surface area contributed by atoms with E-state index >= 15 is 0 Å². The molecule has 0 bridgehead atoms. The first-order valence-corrected chi connectivity index (χ1v) is 7.21. The van der Waals surface area contributed by atoms with Crippen molar-refractivity contribution in [3.63, 3.8) is 0 Å². The van der Waals surface area contributed by atoms with Gasteiger partial charge in [0, 0.05) is 23.8 Å². The molecule has 2 fully saturated rings. The highest BCUT2D eigenvalue weighted by Gasteiger charge is 2.33. The molecule has 104 valence electrons. The lowest BCUT2D eigenvalue weighted by Gasteiger charge is -2.25. The number of rotatable bonds is 4. The van der Waals surface area contributed by atoms with Gasteiger partial charge in [-0.05, 0) is 39.5 Å². The van der Waals surface area contributed by atoms with Gasteiger partial charge >= 0.3 is 0 Å². The minimum Gasteiger partial charge on any atom is -0.334 e. The van der Waals surface area contributed by atoms with Crippen LogP contribution in [0.2, 0.25) is 0 Å². The summed E-state index contributed by atoms with van der Waals surface area (Å²) in [6.45, 7) is 5.41. The molecule has 1 saturated heterocycles. The Morgan fingerprint density at radius 3 is 2.84 bits per heavy atom. The van der Waals surface area contributed by atoms with Crippen LogP contribution in [0.1, 0.15) is 48.7 Å². The first kappa shape index (κ1) is 12.7. The number of amides is 1. The second kappa shape index (κ2) is 4.96. The van der Waals surface area contributed by atoms with E-state index in [0.717, 1.165) is 30.8 Å². The monoisotopic (exact) mass is 262 g/mol. The number of carbonyl (C=O) groups is 1.